The highest BCUT2D eigenvalue weighted by Gasteiger charge is 2.31. The molecule has 22 heavy (non-hydrogen) atoms. The van der Waals surface area contributed by atoms with Gasteiger partial charge in [-0.3, -0.25) is 4.79 Å². The van der Waals surface area contributed by atoms with Crippen LogP contribution >= 0.6 is 11.3 Å². The van der Waals surface area contributed by atoms with Gasteiger partial charge in [-0.1, -0.05) is 12.2 Å². The van der Waals surface area contributed by atoms with Crippen molar-refractivity contribution in [2.24, 2.45) is 11.8 Å². The van der Waals surface area contributed by atoms with Crippen LogP contribution in [0.3, 0.4) is 0 Å². The van der Waals surface area contributed by atoms with Gasteiger partial charge < -0.3 is 20.0 Å². The lowest BCUT2D eigenvalue weighted by atomic mass is 9.82. The molecule has 118 valence electrons. The smallest absolute Gasteiger partial charge is 0.340 e. The van der Waals surface area contributed by atoms with Gasteiger partial charge in [0.1, 0.15) is 5.00 Å². The SMILES string of the molecule is COC(=O)c1cc(C)sc1NC(=O)C1CC=CCC1C(=O)[O-]. The first-order valence-electron chi connectivity index (χ1n) is 6.79. The van der Waals surface area contributed by atoms with E-state index >= 15 is 0 Å². The van der Waals surface area contributed by atoms with E-state index in [1.807, 2.05) is 0 Å². The summed E-state index contributed by atoms with van der Waals surface area (Å²) >= 11 is 1.25. The Bertz CT molecular complexity index is 634. The molecule has 2 atom stereocenters. The molecule has 1 N–H and O–H groups in total. The van der Waals surface area contributed by atoms with Crippen molar-refractivity contribution in [2.45, 2.75) is 19.8 Å². The molecule has 0 radical (unpaired) electrons. The zero-order chi connectivity index (χ0) is 16.3. The van der Waals surface area contributed by atoms with E-state index in [2.05, 4.69) is 10.1 Å². The van der Waals surface area contributed by atoms with Gasteiger partial charge in [0.05, 0.1) is 18.6 Å². The standard InChI is InChI=1S/C15H17NO5S/c1-8-7-11(15(20)21-2)13(22-8)16-12(17)9-5-3-4-6-10(9)14(18)19/h3-4,7,9-10H,5-6H2,1-2H3,(H,16,17)(H,18,19)/p-1. The average Bonchev–Trinajstić information content (AvgIpc) is 2.86. The van der Waals surface area contributed by atoms with Crippen LogP contribution in [0.5, 0.6) is 0 Å². The normalized spacial score (nSPS) is 20.5. The van der Waals surface area contributed by atoms with Gasteiger partial charge in [0.2, 0.25) is 5.91 Å². The number of ether oxygens (including phenoxy) is 1. The summed E-state index contributed by atoms with van der Waals surface area (Å²) in [4.78, 5) is 36.1. The number of aliphatic carboxylic acids is 1. The summed E-state index contributed by atoms with van der Waals surface area (Å²) in [5.41, 5.74) is 0.273. The summed E-state index contributed by atoms with van der Waals surface area (Å²) in [6.45, 7) is 1.81. The third-order valence-corrected chi connectivity index (χ3v) is 4.54. The minimum Gasteiger partial charge on any atom is -0.550 e. The van der Waals surface area contributed by atoms with E-state index in [-0.39, 0.29) is 12.0 Å². The Morgan fingerprint density at radius 3 is 2.50 bits per heavy atom. The number of hydrogen-bond donors (Lipinski definition) is 1. The van der Waals surface area contributed by atoms with Gasteiger partial charge in [-0.15, -0.1) is 11.3 Å². The quantitative estimate of drug-likeness (QED) is 0.662. The number of methoxy groups -OCH3 is 1. The highest BCUT2D eigenvalue weighted by molar-refractivity contribution is 7.16. The van der Waals surface area contributed by atoms with E-state index in [0.717, 1.165) is 4.88 Å². The minimum absolute atomic E-state index is 0.272. The van der Waals surface area contributed by atoms with Gasteiger partial charge in [-0.05, 0) is 25.8 Å². The monoisotopic (exact) mass is 322 g/mol. The number of anilines is 1. The second-order valence-corrected chi connectivity index (χ2v) is 6.31. The first-order valence-corrected chi connectivity index (χ1v) is 7.61. The van der Waals surface area contributed by atoms with E-state index in [1.54, 1.807) is 25.1 Å². The molecule has 0 saturated heterocycles. The summed E-state index contributed by atoms with van der Waals surface area (Å²) in [5, 5.41) is 14.2. The van der Waals surface area contributed by atoms with E-state index in [1.165, 1.54) is 18.4 Å². The number of aryl methyl sites for hydroxylation is 1. The zero-order valence-corrected chi connectivity index (χ0v) is 13.1. The second-order valence-electron chi connectivity index (χ2n) is 5.06. The molecule has 2 rings (SSSR count). The van der Waals surface area contributed by atoms with Crippen molar-refractivity contribution in [2.75, 3.05) is 12.4 Å². The van der Waals surface area contributed by atoms with Gasteiger partial charge in [0.25, 0.3) is 0 Å². The fourth-order valence-electron chi connectivity index (χ4n) is 2.44. The summed E-state index contributed by atoms with van der Waals surface area (Å²) < 4.78 is 4.68. The van der Waals surface area contributed by atoms with E-state index in [0.29, 0.717) is 11.4 Å². The van der Waals surface area contributed by atoms with Crippen molar-refractivity contribution in [1.82, 2.24) is 0 Å². The number of thiophene rings is 1. The van der Waals surface area contributed by atoms with Crippen molar-refractivity contribution in [3.05, 3.63) is 28.7 Å². The van der Waals surface area contributed by atoms with Gasteiger partial charge in [0.15, 0.2) is 0 Å². The average molecular weight is 322 g/mol. The molecule has 0 aromatic carbocycles. The first-order chi connectivity index (χ1) is 10.4. The number of carbonyl (C=O) groups excluding carboxylic acids is 3. The molecule has 0 spiro atoms. The Kier molecular flexibility index (Phi) is 4.97. The third kappa shape index (κ3) is 3.36. The van der Waals surface area contributed by atoms with Crippen LogP contribution in [0.4, 0.5) is 5.00 Å². The molecular formula is C15H16NO5S-. The molecule has 1 amide bonds. The summed E-state index contributed by atoms with van der Waals surface area (Å²) in [6, 6.07) is 1.63. The van der Waals surface area contributed by atoms with Crippen molar-refractivity contribution < 1.29 is 24.2 Å². The number of hydrogen-bond acceptors (Lipinski definition) is 6. The predicted molar refractivity (Wildman–Crippen MR) is 79.4 cm³/mol. The van der Waals surface area contributed by atoms with Crippen LogP contribution in [0.15, 0.2) is 18.2 Å². The largest absolute Gasteiger partial charge is 0.550 e. The van der Waals surface area contributed by atoms with Crippen molar-refractivity contribution >= 4 is 34.2 Å². The fourth-order valence-corrected chi connectivity index (χ4v) is 3.34. The molecule has 1 aliphatic carbocycles. The van der Waals surface area contributed by atoms with Crippen LogP contribution in [0.1, 0.15) is 28.1 Å². The summed E-state index contributed by atoms with van der Waals surface area (Å²) in [7, 11) is 1.26. The number of nitrogens with one attached hydrogen (secondary N) is 1. The molecule has 1 heterocycles. The maximum atomic E-state index is 12.4. The van der Waals surface area contributed by atoms with Gasteiger partial charge in [0, 0.05) is 16.8 Å². The van der Waals surface area contributed by atoms with E-state index < -0.39 is 29.7 Å². The van der Waals surface area contributed by atoms with Gasteiger partial charge in [-0.25, -0.2) is 4.79 Å². The van der Waals surface area contributed by atoms with Gasteiger partial charge >= 0.3 is 5.97 Å². The van der Waals surface area contributed by atoms with Crippen molar-refractivity contribution in [1.29, 1.82) is 0 Å². The molecule has 1 aromatic heterocycles. The minimum atomic E-state index is -1.24. The maximum absolute atomic E-state index is 12.4. The molecule has 0 saturated carbocycles. The number of carboxylic acids is 1. The summed E-state index contributed by atoms with van der Waals surface area (Å²) in [6.07, 6.45) is 4.13. The predicted octanol–water partition coefficient (Wildman–Crippen LogP) is 1.11. The Morgan fingerprint density at radius 1 is 1.27 bits per heavy atom. The van der Waals surface area contributed by atoms with Crippen LogP contribution in [0.2, 0.25) is 0 Å². The molecule has 0 aliphatic heterocycles. The third-order valence-electron chi connectivity index (χ3n) is 3.57. The molecule has 7 heteroatoms. The lowest BCUT2D eigenvalue weighted by Crippen LogP contribution is -2.41. The Balaban J connectivity index is 2.20. The number of carboxylic acid groups (broad SMARTS) is 1. The van der Waals surface area contributed by atoms with Crippen LogP contribution in [0, 0.1) is 18.8 Å². The molecule has 6 nitrogen and oxygen atoms in total. The fraction of sp³-hybridized carbons (Fsp3) is 0.400. The Labute approximate surface area is 131 Å². The number of amides is 1. The Hall–Kier alpha value is -2.15. The lowest BCUT2D eigenvalue weighted by molar-refractivity contribution is -0.313. The molecule has 0 bridgehead atoms. The number of esters is 1. The van der Waals surface area contributed by atoms with Crippen LogP contribution in [0.25, 0.3) is 0 Å². The number of allylic oxidation sites excluding steroid dienone is 2. The van der Waals surface area contributed by atoms with Crippen LogP contribution in [-0.2, 0) is 14.3 Å². The lowest BCUT2D eigenvalue weighted by Gasteiger charge is -2.28. The Morgan fingerprint density at radius 2 is 1.91 bits per heavy atom. The zero-order valence-electron chi connectivity index (χ0n) is 12.3. The van der Waals surface area contributed by atoms with E-state index in [4.69, 9.17) is 0 Å². The maximum Gasteiger partial charge on any atom is 0.340 e. The summed E-state index contributed by atoms with van der Waals surface area (Å²) in [5.74, 6) is -3.76. The highest BCUT2D eigenvalue weighted by atomic mass is 32.1. The number of rotatable bonds is 4. The topological polar surface area (TPSA) is 95.5 Å². The van der Waals surface area contributed by atoms with Crippen LogP contribution in [-0.4, -0.2) is 25.0 Å². The first kappa shape index (κ1) is 16.2. The molecule has 2 unspecified atom stereocenters. The van der Waals surface area contributed by atoms with Crippen molar-refractivity contribution in [3.8, 4) is 0 Å². The highest BCUT2D eigenvalue weighted by Crippen LogP contribution is 2.31. The molecular weight excluding hydrogens is 306 g/mol. The molecule has 1 aromatic rings. The number of carbonyl (C=O) groups is 3. The molecule has 0 fully saturated rings. The molecule has 1 aliphatic rings. The van der Waals surface area contributed by atoms with Crippen LogP contribution < -0.4 is 10.4 Å². The van der Waals surface area contributed by atoms with Crippen molar-refractivity contribution in [3.63, 3.8) is 0 Å². The van der Waals surface area contributed by atoms with E-state index in [9.17, 15) is 19.5 Å². The van der Waals surface area contributed by atoms with Gasteiger partial charge in [-0.2, -0.15) is 0 Å². The second kappa shape index (κ2) is 6.74.